The first kappa shape index (κ1) is 28.9. The maximum Gasteiger partial charge on any atom is 0.242 e. The lowest BCUT2D eigenvalue weighted by Gasteiger charge is -2.26. The molecule has 1 aromatic heterocycles. The van der Waals surface area contributed by atoms with Gasteiger partial charge in [-0.15, -0.1) is 0 Å². The minimum atomic E-state index is -3.30. The second-order valence-corrected chi connectivity index (χ2v) is 12.1. The minimum absolute atomic E-state index is 0.227. The zero-order valence-electron chi connectivity index (χ0n) is 22.6. The van der Waals surface area contributed by atoms with E-state index in [1.165, 1.54) is 6.26 Å². The van der Waals surface area contributed by atoms with Crippen LogP contribution in [0.3, 0.4) is 0 Å². The summed E-state index contributed by atoms with van der Waals surface area (Å²) < 4.78 is 23.6. The Bertz CT molecular complexity index is 1480. The lowest BCUT2D eigenvalue weighted by Crippen LogP contribution is -2.51. The summed E-state index contributed by atoms with van der Waals surface area (Å²) in [6.07, 6.45) is 5.25. The third-order valence-electron chi connectivity index (χ3n) is 6.88. The molecule has 1 fully saturated rings. The maximum atomic E-state index is 13.5. The Labute approximate surface area is 234 Å². The van der Waals surface area contributed by atoms with Crippen LogP contribution in [-0.4, -0.2) is 43.1 Å². The monoisotopic (exact) mass is 559 g/mol. The van der Waals surface area contributed by atoms with E-state index in [2.05, 4.69) is 27.0 Å². The van der Waals surface area contributed by atoms with E-state index in [9.17, 15) is 23.3 Å². The zero-order chi connectivity index (χ0) is 28.8. The van der Waals surface area contributed by atoms with Crippen molar-refractivity contribution in [3.05, 3.63) is 84.2 Å². The van der Waals surface area contributed by atoms with Crippen LogP contribution in [0.1, 0.15) is 49.9 Å². The topological polar surface area (TPSA) is 141 Å². The van der Waals surface area contributed by atoms with Gasteiger partial charge in [0.15, 0.2) is 9.84 Å². The predicted octanol–water partition coefficient (Wildman–Crippen LogP) is 3.44. The SMILES string of the molecule is CCC[C@H](N[C@H](C(=O)NCc1ccccn1)c1ccc(-c2ccc(S(C)(=O)=O)cc2)cc1)C(=O)NC1(C#N)CC1. The molecule has 2 aromatic carbocycles. The molecule has 1 aliphatic rings. The molecule has 0 aliphatic heterocycles. The Kier molecular flexibility index (Phi) is 8.97. The first-order valence-corrected chi connectivity index (χ1v) is 15.1. The zero-order valence-corrected chi connectivity index (χ0v) is 23.4. The second-order valence-electron chi connectivity index (χ2n) is 10.1. The van der Waals surface area contributed by atoms with Crippen molar-refractivity contribution < 1.29 is 18.0 Å². The van der Waals surface area contributed by atoms with Crippen molar-refractivity contribution in [2.75, 3.05) is 6.26 Å². The van der Waals surface area contributed by atoms with E-state index < -0.39 is 27.5 Å². The van der Waals surface area contributed by atoms with Gasteiger partial charge in [0.1, 0.15) is 11.6 Å². The van der Waals surface area contributed by atoms with Crippen LogP contribution in [0.2, 0.25) is 0 Å². The number of hydrogen-bond acceptors (Lipinski definition) is 7. The van der Waals surface area contributed by atoms with Gasteiger partial charge in [-0.3, -0.25) is 19.9 Å². The van der Waals surface area contributed by atoms with E-state index in [-0.39, 0.29) is 23.3 Å². The largest absolute Gasteiger partial charge is 0.349 e. The Hall–Kier alpha value is -4.07. The van der Waals surface area contributed by atoms with Gasteiger partial charge in [-0.05, 0) is 60.2 Å². The third kappa shape index (κ3) is 7.31. The highest BCUT2D eigenvalue weighted by molar-refractivity contribution is 7.90. The molecule has 0 bridgehead atoms. The fourth-order valence-electron chi connectivity index (χ4n) is 4.36. The Morgan fingerprint density at radius 2 is 1.65 bits per heavy atom. The van der Waals surface area contributed by atoms with Gasteiger partial charge in [0.2, 0.25) is 11.8 Å². The van der Waals surface area contributed by atoms with Gasteiger partial charge in [0, 0.05) is 12.5 Å². The summed E-state index contributed by atoms with van der Waals surface area (Å²) in [5.41, 5.74) is 2.23. The van der Waals surface area contributed by atoms with Crippen LogP contribution in [-0.2, 0) is 26.0 Å². The molecule has 0 unspecified atom stereocenters. The summed E-state index contributed by atoms with van der Waals surface area (Å²) >= 11 is 0. The molecule has 1 aliphatic carbocycles. The molecule has 0 spiro atoms. The van der Waals surface area contributed by atoms with Gasteiger partial charge in [-0.2, -0.15) is 5.26 Å². The number of rotatable bonds is 12. The number of benzene rings is 2. The highest BCUT2D eigenvalue weighted by Crippen LogP contribution is 2.34. The molecule has 2 amide bonds. The highest BCUT2D eigenvalue weighted by atomic mass is 32.2. The summed E-state index contributed by atoms with van der Waals surface area (Å²) in [7, 11) is -3.30. The number of nitrogens with zero attached hydrogens (tertiary/aromatic N) is 2. The molecule has 40 heavy (non-hydrogen) atoms. The first-order chi connectivity index (χ1) is 19.1. The van der Waals surface area contributed by atoms with E-state index in [0.717, 1.165) is 11.1 Å². The molecule has 0 radical (unpaired) electrons. The summed E-state index contributed by atoms with van der Waals surface area (Å²) in [6.45, 7) is 2.18. The number of nitrogens with one attached hydrogen (secondary N) is 3. The number of carbonyl (C=O) groups excluding carboxylic acids is 2. The first-order valence-electron chi connectivity index (χ1n) is 13.2. The molecule has 10 heteroatoms. The molecule has 3 aromatic rings. The normalized spacial score (nSPS) is 15.3. The van der Waals surface area contributed by atoms with Crippen molar-refractivity contribution in [1.82, 2.24) is 20.9 Å². The lowest BCUT2D eigenvalue weighted by atomic mass is 9.99. The van der Waals surface area contributed by atoms with Crippen molar-refractivity contribution >= 4 is 21.7 Å². The van der Waals surface area contributed by atoms with Gasteiger partial charge >= 0.3 is 0 Å². The Morgan fingerprint density at radius 1 is 1.00 bits per heavy atom. The van der Waals surface area contributed by atoms with Crippen LogP contribution >= 0.6 is 0 Å². The van der Waals surface area contributed by atoms with Gasteiger partial charge in [0.05, 0.1) is 29.2 Å². The molecule has 1 heterocycles. The highest BCUT2D eigenvalue weighted by Gasteiger charge is 2.45. The van der Waals surface area contributed by atoms with E-state index >= 15 is 0 Å². The molecule has 9 nitrogen and oxygen atoms in total. The standard InChI is InChI=1S/C30H33N5O4S/c1-3-6-26(28(36)35-30(20-31)16-17-30)34-27(29(37)33-19-24-7-4-5-18-32-24)23-10-8-21(9-11-23)22-12-14-25(15-13-22)40(2,38)39/h4-5,7-15,18,26-27,34H,3,6,16-17,19H2,1-2H3,(H,33,37)(H,35,36)/t26-,27-/m0/s1. The molecule has 2 atom stereocenters. The minimum Gasteiger partial charge on any atom is -0.349 e. The van der Waals surface area contributed by atoms with Gasteiger partial charge < -0.3 is 10.6 Å². The van der Waals surface area contributed by atoms with Crippen molar-refractivity contribution in [3.63, 3.8) is 0 Å². The quantitative estimate of drug-likeness (QED) is 0.309. The van der Waals surface area contributed by atoms with E-state index in [1.807, 2.05) is 43.3 Å². The molecule has 208 valence electrons. The average Bonchev–Trinajstić information content (AvgIpc) is 3.74. The predicted molar refractivity (Wildman–Crippen MR) is 151 cm³/mol. The maximum absolute atomic E-state index is 13.5. The molecule has 1 saturated carbocycles. The fourth-order valence-corrected chi connectivity index (χ4v) is 4.99. The average molecular weight is 560 g/mol. The van der Waals surface area contributed by atoms with Gasteiger partial charge in [-0.1, -0.05) is 55.8 Å². The molecular formula is C30H33N5O4S. The third-order valence-corrected chi connectivity index (χ3v) is 8.01. The van der Waals surface area contributed by atoms with Crippen molar-refractivity contribution in [2.45, 2.75) is 61.7 Å². The number of hydrogen-bond donors (Lipinski definition) is 3. The summed E-state index contributed by atoms with van der Waals surface area (Å²) in [6, 6.07) is 20.1. The Morgan fingerprint density at radius 3 is 2.17 bits per heavy atom. The number of sulfone groups is 1. The molecule has 0 saturated heterocycles. The van der Waals surface area contributed by atoms with Crippen LogP contribution in [0, 0.1) is 11.3 Å². The lowest BCUT2D eigenvalue weighted by molar-refractivity contribution is -0.126. The van der Waals surface area contributed by atoms with E-state index in [4.69, 9.17) is 0 Å². The van der Waals surface area contributed by atoms with E-state index in [0.29, 0.717) is 36.9 Å². The number of aromatic nitrogens is 1. The number of amides is 2. The number of carbonyl (C=O) groups is 2. The van der Waals surface area contributed by atoms with Crippen molar-refractivity contribution in [2.24, 2.45) is 0 Å². The summed E-state index contributed by atoms with van der Waals surface area (Å²) in [4.78, 5) is 31.1. The molecule has 3 N–H and O–H groups in total. The number of pyridine rings is 1. The Balaban J connectivity index is 1.57. The van der Waals surface area contributed by atoms with Crippen LogP contribution in [0.4, 0.5) is 0 Å². The van der Waals surface area contributed by atoms with Gasteiger partial charge in [0.25, 0.3) is 0 Å². The second kappa shape index (κ2) is 12.4. The van der Waals surface area contributed by atoms with Crippen molar-refractivity contribution in [1.29, 1.82) is 5.26 Å². The smallest absolute Gasteiger partial charge is 0.242 e. The molecular weight excluding hydrogens is 526 g/mol. The van der Waals surface area contributed by atoms with Crippen LogP contribution < -0.4 is 16.0 Å². The summed E-state index contributed by atoms with van der Waals surface area (Å²) in [5, 5.41) is 18.4. The van der Waals surface area contributed by atoms with E-state index in [1.54, 1.807) is 36.5 Å². The summed E-state index contributed by atoms with van der Waals surface area (Å²) in [5.74, 6) is -0.614. The molecule has 4 rings (SSSR count). The van der Waals surface area contributed by atoms with Gasteiger partial charge in [-0.25, -0.2) is 8.42 Å². The van der Waals surface area contributed by atoms with Crippen molar-refractivity contribution in [3.8, 4) is 17.2 Å². The van der Waals surface area contributed by atoms with Crippen LogP contribution in [0.25, 0.3) is 11.1 Å². The fraction of sp³-hybridized carbons (Fsp3) is 0.333. The van der Waals surface area contributed by atoms with Crippen LogP contribution in [0.15, 0.2) is 77.8 Å². The number of nitriles is 1. The van der Waals surface area contributed by atoms with Crippen LogP contribution in [0.5, 0.6) is 0 Å².